The average Bonchev–Trinajstić information content (AvgIpc) is 2.88. The molecule has 0 saturated carbocycles. The van der Waals surface area contributed by atoms with Gasteiger partial charge in [-0.2, -0.15) is 0 Å². The fourth-order valence-corrected chi connectivity index (χ4v) is 3.20. The van der Waals surface area contributed by atoms with Crippen LogP contribution in [0.4, 0.5) is 0 Å². The Morgan fingerprint density at radius 3 is 2.68 bits per heavy atom. The minimum atomic E-state index is 0.321. The minimum absolute atomic E-state index is 0.321. The highest BCUT2D eigenvalue weighted by Crippen LogP contribution is 2.30. The Bertz CT molecular complexity index is 548. The van der Waals surface area contributed by atoms with Crippen molar-refractivity contribution in [3.8, 4) is 10.6 Å². The largest absolute Gasteiger partial charge is 0.308 e. The zero-order valence-electron chi connectivity index (χ0n) is 12.0. The van der Waals surface area contributed by atoms with Gasteiger partial charge in [0.1, 0.15) is 10.0 Å². The summed E-state index contributed by atoms with van der Waals surface area (Å²) in [4.78, 5) is 0. The standard InChI is InChI=1S/C15H21N3S/c1-5-13(16-6-2)15-18-17-14(19-15)12-9-7-8-10(3)11(12)4/h7-9,13,16H,5-6H2,1-4H3. The van der Waals surface area contributed by atoms with Gasteiger partial charge in [-0.25, -0.2) is 0 Å². The predicted molar refractivity (Wildman–Crippen MR) is 81.5 cm³/mol. The zero-order valence-corrected chi connectivity index (χ0v) is 12.8. The van der Waals surface area contributed by atoms with Crippen LogP contribution < -0.4 is 5.32 Å². The topological polar surface area (TPSA) is 37.8 Å². The molecule has 1 N–H and O–H groups in total. The zero-order chi connectivity index (χ0) is 13.8. The van der Waals surface area contributed by atoms with Gasteiger partial charge >= 0.3 is 0 Å². The number of nitrogens with zero attached hydrogens (tertiary/aromatic N) is 2. The minimum Gasteiger partial charge on any atom is -0.308 e. The molecule has 0 bridgehead atoms. The van der Waals surface area contributed by atoms with Crippen molar-refractivity contribution in [3.63, 3.8) is 0 Å². The van der Waals surface area contributed by atoms with Crippen LogP contribution in [0.5, 0.6) is 0 Å². The van der Waals surface area contributed by atoms with E-state index in [0.29, 0.717) is 6.04 Å². The van der Waals surface area contributed by atoms with Gasteiger partial charge in [0.25, 0.3) is 0 Å². The van der Waals surface area contributed by atoms with E-state index in [2.05, 4.69) is 61.4 Å². The first-order valence-electron chi connectivity index (χ1n) is 6.80. The van der Waals surface area contributed by atoms with Gasteiger partial charge in [0, 0.05) is 5.56 Å². The first kappa shape index (κ1) is 14.2. The van der Waals surface area contributed by atoms with Gasteiger partial charge in [0.05, 0.1) is 6.04 Å². The molecule has 1 aromatic carbocycles. The van der Waals surface area contributed by atoms with Crippen LogP contribution >= 0.6 is 11.3 Å². The number of aromatic nitrogens is 2. The third-order valence-electron chi connectivity index (χ3n) is 3.43. The van der Waals surface area contributed by atoms with E-state index in [-0.39, 0.29) is 0 Å². The number of benzene rings is 1. The van der Waals surface area contributed by atoms with Crippen LogP contribution in [0.15, 0.2) is 18.2 Å². The Labute approximate surface area is 119 Å². The van der Waals surface area contributed by atoms with Crippen LogP contribution in [0.3, 0.4) is 0 Å². The highest BCUT2D eigenvalue weighted by Gasteiger charge is 2.15. The highest BCUT2D eigenvalue weighted by molar-refractivity contribution is 7.14. The molecule has 1 unspecified atom stereocenters. The molecule has 3 nitrogen and oxygen atoms in total. The predicted octanol–water partition coefficient (Wildman–Crippen LogP) is 3.88. The SMILES string of the molecule is CCNC(CC)c1nnc(-c2cccc(C)c2C)s1. The molecule has 0 spiro atoms. The maximum absolute atomic E-state index is 4.37. The molecule has 1 aromatic heterocycles. The summed E-state index contributed by atoms with van der Waals surface area (Å²) in [6.07, 6.45) is 1.04. The van der Waals surface area contributed by atoms with E-state index in [0.717, 1.165) is 23.0 Å². The van der Waals surface area contributed by atoms with Gasteiger partial charge in [-0.05, 0) is 37.9 Å². The Balaban J connectivity index is 2.32. The molecule has 102 valence electrons. The Morgan fingerprint density at radius 1 is 1.21 bits per heavy atom. The Hall–Kier alpha value is -1.26. The molecule has 4 heteroatoms. The van der Waals surface area contributed by atoms with Gasteiger partial charge in [-0.15, -0.1) is 10.2 Å². The summed E-state index contributed by atoms with van der Waals surface area (Å²) in [6.45, 7) is 9.53. The Morgan fingerprint density at radius 2 is 2.00 bits per heavy atom. The molecule has 0 radical (unpaired) electrons. The summed E-state index contributed by atoms with van der Waals surface area (Å²) < 4.78 is 0. The van der Waals surface area contributed by atoms with E-state index < -0.39 is 0 Å². The lowest BCUT2D eigenvalue weighted by Crippen LogP contribution is -2.19. The van der Waals surface area contributed by atoms with Gasteiger partial charge in [-0.3, -0.25) is 0 Å². The molecule has 1 heterocycles. The van der Waals surface area contributed by atoms with Crippen LogP contribution in [0.25, 0.3) is 10.6 Å². The maximum Gasteiger partial charge on any atom is 0.148 e. The van der Waals surface area contributed by atoms with Crippen molar-refractivity contribution in [3.05, 3.63) is 34.3 Å². The van der Waals surface area contributed by atoms with Crippen LogP contribution in [-0.2, 0) is 0 Å². The molecule has 0 fully saturated rings. The second-order valence-corrected chi connectivity index (χ2v) is 5.72. The van der Waals surface area contributed by atoms with Crippen molar-refractivity contribution in [2.45, 2.75) is 40.2 Å². The van der Waals surface area contributed by atoms with Crippen molar-refractivity contribution in [1.29, 1.82) is 0 Å². The normalized spacial score (nSPS) is 12.6. The maximum atomic E-state index is 4.37. The molecule has 19 heavy (non-hydrogen) atoms. The summed E-state index contributed by atoms with van der Waals surface area (Å²) in [5.41, 5.74) is 3.80. The molecule has 2 rings (SSSR count). The Kier molecular flexibility index (Phi) is 4.66. The third-order valence-corrected chi connectivity index (χ3v) is 4.50. The molecule has 0 aliphatic heterocycles. The van der Waals surface area contributed by atoms with Crippen molar-refractivity contribution in [2.75, 3.05) is 6.54 Å². The van der Waals surface area contributed by atoms with E-state index in [1.165, 1.54) is 16.7 Å². The van der Waals surface area contributed by atoms with E-state index in [9.17, 15) is 0 Å². The second kappa shape index (κ2) is 6.26. The lowest BCUT2D eigenvalue weighted by atomic mass is 10.0. The first-order valence-corrected chi connectivity index (χ1v) is 7.62. The van der Waals surface area contributed by atoms with Gasteiger partial charge in [-0.1, -0.05) is 43.4 Å². The number of hydrogen-bond acceptors (Lipinski definition) is 4. The van der Waals surface area contributed by atoms with Crippen molar-refractivity contribution >= 4 is 11.3 Å². The number of nitrogens with one attached hydrogen (secondary N) is 1. The summed E-state index contributed by atoms with van der Waals surface area (Å²) in [7, 11) is 0. The van der Waals surface area contributed by atoms with Crippen LogP contribution in [0, 0.1) is 13.8 Å². The van der Waals surface area contributed by atoms with Crippen molar-refractivity contribution < 1.29 is 0 Å². The summed E-state index contributed by atoms with van der Waals surface area (Å²) in [5, 5.41) is 14.3. The molecule has 0 saturated heterocycles. The number of aryl methyl sites for hydroxylation is 1. The first-order chi connectivity index (χ1) is 9.17. The van der Waals surface area contributed by atoms with E-state index in [4.69, 9.17) is 0 Å². The smallest absolute Gasteiger partial charge is 0.148 e. The van der Waals surface area contributed by atoms with Crippen LogP contribution in [0.1, 0.15) is 42.4 Å². The fourth-order valence-electron chi connectivity index (χ4n) is 2.12. The monoisotopic (exact) mass is 275 g/mol. The summed E-state index contributed by atoms with van der Waals surface area (Å²) >= 11 is 1.70. The molecule has 2 aromatic rings. The average molecular weight is 275 g/mol. The highest BCUT2D eigenvalue weighted by atomic mass is 32.1. The van der Waals surface area contributed by atoms with Crippen LogP contribution in [-0.4, -0.2) is 16.7 Å². The molecular weight excluding hydrogens is 254 g/mol. The number of rotatable bonds is 5. The molecule has 0 aliphatic carbocycles. The lowest BCUT2D eigenvalue weighted by Gasteiger charge is -2.11. The van der Waals surface area contributed by atoms with Gasteiger partial charge in [0.15, 0.2) is 0 Å². The van der Waals surface area contributed by atoms with E-state index in [1.807, 2.05) is 0 Å². The number of hydrogen-bond donors (Lipinski definition) is 1. The van der Waals surface area contributed by atoms with Crippen molar-refractivity contribution in [1.82, 2.24) is 15.5 Å². The third kappa shape index (κ3) is 3.01. The lowest BCUT2D eigenvalue weighted by molar-refractivity contribution is 0.531. The molecule has 1 atom stereocenters. The van der Waals surface area contributed by atoms with E-state index >= 15 is 0 Å². The second-order valence-electron chi connectivity index (χ2n) is 4.71. The molecule has 0 amide bonds. The van der Waals surface area contributed by atoms with Crippen molar-refractivity contribution in [2.24, 2.45) is 0 Å². The van der Waals surface area contributed by atoms with Gasteiger partial charge < -0.3 is 5.32 Å². The van der Waals surface area contributed by atoms with Crippen LogP contribution in [0.2, 0.25) is 0 Å². The van der Waals surface area contributed by atoms with Gasteiger partial charge in [0.2, 0.25) is 0 Å². The summed E-state index contributed by atoms with van der Waals surface area (Å²) in [5.74, 6) is 0. The molecule has 0 aliphatic rings. The fraction of sp³-hybridized carbons (Fsp3) is 0.467. The van der Waals surface area contributed by atoms with E-state index in [1.54, 1.807) is 11.3 Å². The summed E-state index contributed by atoms with van der Waals surface area (Å²) in [6, 6.07) is 6.66. The molecular formula is C15H21N3S. The quantitative estimate of drug-likeness (QED) is 0.899.